The molecule has 1 rings (SSSR count). The van der Waals surface area contributed by atoms with Gasteiger partial charge >= 0.3 is 6.03 Å². The van der Waals surface area contributed by atoms with E-state index in [1.807, 2.05) is 24.3 Å². The first-order valence-electron chi connectivity index (χ1n) is 4.59. The van der Waals surface area contributed by atoms with E-state index in [9.17, 15) is 4.79 Å². The minimum Gasteiger partial charge on any atom is -0.493 e. The van der Waals surface area contributed by atoms with Gasteiger partial charge in [0.05, 0.1) is 12.8 Å². The Hall–Kier alpha value is -1.56. The minimum atomic E-state index is -0.692. The third-order valence-corrected chi connectivity index (χ3v) is 1.92. The molecular formula is C10H12BrN3O2. The number of benzene rings is 1. The molecule has 1 aromatic carbocycles. The van der Waals surface area contributed by atoms with Crippen LogP contribution in [0.3, 0.4) is 0 Å². The van der Waals surface area contributed by atoms with Gasteiger partial charge in [0.25, 0.3) is 0 Å². The van der Waals surface area contributed by atoms with Crippen LogP contribution in [0.15, 0.2) is 29.4 Å². The van der Waals surface area contributed by atoms with Crippen LogP contribution in [0.25, 0.3) is 0 Å². The number of primary amides is 1. The summed E-state index contributed by atoms with van der Waals surface area (Å²) < 4.78 is 5.40. The van der Waals surface area contributed by atoms with Crippen LogP contribution >= 0.6 is 15.9 Å². The van der Waals surface area contributed by atoms with Crippen molar-refractivity contribution >= 4 is 28.2 Å². The van der Waals surface area contributed by atoms with Crippen molar-refractivity contribution in [1.29, 1.82) is 0 Å². The molecule has 2 amide bonds. The molecule has 0 saturated carbocycles. The summed E-state index contributed by atoms with van der Waals surface area (Å²) in [5.74, 6) is 0.752. The summed E-state index contributed by atoms with van der Waals surface area (Å²) in [7, 11) is 0. The monoisotopic (exact) mass is 285 g/mol. The van der Waals surface area contributed by atoms with Crippen LogP contribution in [0.2, 0.25) is 0 Å². The van der Waals surface area contributed by atoms with E-state index in [0.29, 0.717) is 6.61 Å². The Kier molecular flexibility index (Phi) is 5.35. The first-order chi connectivity index (χ1) is 7.72. The van der Waals surface area contributed by atoms with Gasteiger partial charge in [0.1, 0.15) is 5.75 Å². The standard InChI is InChI=1S/C10H12BrN3O2/c11-4-5-16-9-3-1-2-8(6-9)7-13-14-10(12)15/h1-3,6-7H,4-5H2,(H3,12,14,15)/b13-7+. The van der Waals surface area contributed by atoms with Gasteiger partial charge in [0, 0.05) is 5.33 Å². The van der Waals surface area contributed by atoms with Crippen LogP contribution in [-0.4, -0.2) is 24.2 Å². The molecular weight excluding hydrogens is 274 g/mol. The summed E-state index contributed by atoms with van der Waals surface area (Å²) >= 11 is 3.27. The highest BCUT2D eigenvalue weighted by atomic mass is 79.9. The van der Waals surface area contributed by atoms with E-state index in [4.69, 9.17) is 10.5 Å². The summed E-state index contributed by atoms with van der Waals surface area (Å²) in [6, 6.07) is 6.65. The number of nitrogens with one attached hydrogen (secondary N) is 1. The second-order valence-corrected chi connectivity index (χ2v) is 3.64. The lowest BCUT2D eigenvalue weighted by Crippen LogP contribution is -2.24. The predicted octanol–water partition coefficient (Wildman–Crippen LogP) is 1.46. The number of urea groups is 1. The van der Waals surface area contributed by atoms with Gasteiger partial charge in [0.15, 0.2) is 0 Å². The number of nitrogens with zero attached hydrogens (tertiary/aromatic N) is 1. The van der Waals surface area contributed by atoms with Crippen molar-refractivity contribution in [3.8, 4) is 5.75 Å². The molecule has 1 aromatic rings. The second kappa shape index (κ2) is 6.84. The van der Waals surface area contributed by atoms with E-state index in [-0.39, 0.29) is 0 Å². The number of hydrogen-bond acceptors (Lipinski definition) is 3. The number of alkyl halides is 1. The molecule has 0 aliphatic heterocycles. The van der Waals surface area contributed by atoms with E-state index in [1.54, 1.807) is 0 Å². The number of carbonyl (C=O) groups is 1. The van der Waals surface area contributed by atoms with Gasteiger partial charge in [-0.3, -0.25) is 0 Å². The molecule has 0 aliphatic rings. The van der Waals surface area contributed by atoms with Crippen molar-refractivity contribution in [1.82, 2.24) is 5.43 Å². The number of carbonyl (C=O) groups excluding carboxylic acids is 1. The quantitative estimate of drug-likeness (QED) is 0.488. The fraction of sp³-hybridized carbons (Fsp3) is 0.200. The Bertz CT molecular complexity index is 382. The third-order valence-electron chi connectivity index (χ3n) is 1.59. The summed E-state index contributed by atoms with van der Waals surface area (Å²) in [5.41, 5.74) is 7.80. The molecule has 0 aromatic heterocycles. The number of nitrogens with two attached hydrogens (primary N) is 1. The molecule has 0 fully saturated rings. The molecule has 0 unspecified atom stereocenters. The van der Waals surface area contributed by atoms with Crippen molar-refractivity contribution in [2.75, 3.05) is 11.9 Å². The first kappa shape index (κ1) is 12.5. The zero-order valence-electron chi connectivity index (χ0n) is 8.52. The number of amides is 2. The van der Waals surface area contributed by atoms with Gasteiger partial charge in [0.2, 0.25) is 0 Å². The van der Waals surface area contributed by atoms with Crippen LogP contribution in [-0.2, 0) is 0 Å². The fourth-order valence-corrected chi connectivity index (χ4v) is 1.17. The first-order valence-corrected chi connectivity index (χ1v) is 5.72. The third kappa shape index (κ3) is 4.79. The molecule has 6 heteroatoms. The number of rotatable bonds is 5. The van der Waals surface area contributed by atoms with Gasteiger partial charge in [-0.2, -0.15) is 5.10 Å². The number of hydrogen-bond donors (Lipinski definition) is 2. The van der Waals surface area contributed by atoms with Crippen molar-refractivity contribution < 1.29 is 9.53 Å². The molecule has 0 atom stereocenters. The van der Waals surface area contributed by atoms with Gasteiger partial charge in [-0.05, 0) is 17.7 Å². The van der Waals surface area contributed by atoms with E-state index in [2.05, 4.69) is 26.5 Å². The molecule has 0 radical (unpaired) electrons. The normalized spacial score (nSPS) is 10.3. The largest absolute Gasteiger partial charge is 0.493 e. The van der Waals surface area contributed by atoms with E-state index in [0.717, 1.165) is 16.6 Å². The summed E-state index contributed by atoms with van der Waals surface area (Å²) in [4.78, 5) is 10.4. The summed E-state index contributed by atoms with van der Waals surface area (Å²) in [6.45, 7) is 0.597. The molecule has 0 heterocycles. The lowest BCUT2D eigenvalue weighted by molar-refractivity contribution is 0.249. The molecule has 86 valence electrons. The number of hydrazone groups is 1. The lowest BCUT2D eigenvalue weighted by atomic mass is 10.2. The predicted molar refractivity (Wildman–Crippen MR) is 66.0 cm³/mol. The molecule has 0 aliphatic carbocycles. The van der Waals surface area contributed by atoms with E-state index in [1.165, 1.54) is 6.21 Å². The van der Waals surface area contributed by atoms with Crippen molar-refractivity contribution in [2.24, 2.45) is 10.8 Å². The smallest absolute Gasteiger partial charge is 0.332 e. The van der Waals surface area contributed by atoms with Gasteiger partial charge < -0.3 is 10.5 Å². The Balaban J connectivity index is 2.59. The maximum atomic E-state index is 10.4. The minimum absolute atomic E-state index is 0.597. The lowest BCUT2D eigenvalue weighted by Gasteiger charge is -2.03. The summed E-state index contributed by atoms with van der Waals surface area (Å²) in [5, 5.41) is 4.42. The molecule has 5 nitrogen and oxygen atoms in total. The molecule has 3 N–H and O–H groups in total. The van der Waals surface area contributed by atoms with Crippen LogP contribution in [0.4, 0.5) is 4.79 Å². The van der Waals surface area contributed by atoms with Crippen LogP contribution in [0, 0.1) is 0 Å². The summed E-state index contributed by atoms with van der Waals surface area (Å²) in [6.07, 6.45) is 1.49. The second-order valence-electron chi connectivity index (χ2n) is 2.84. The van der Waals surface area contributed by atoms with Crippen molar-refractivity contribution in [2.45, 2.75) is 0 Å². The van der Waals surface area contributed by atoms with Crippen LogP contribution < -0.4 is 15.9 Å². The molecule has 0 spiro atoms. The van der Waals surface area contributed by atoms with Gasteiger partial charge in [-0.15, -0.1) is 0 Å². The van der Waals surface area contributed by atoms with Crippen molar-refractivity contribution in [3.05, 3.63) is 29.8 Å². The molecule has 0 saturated heterocycles. The molecule has 0 bridgehead atoms. The Morgan fingerprint density at radius 2 is 2.44 bits per heavy atom. The van der Waals surface area contributed by atoms with Crippen LogP contribution in [0.5, 0.6) is 5.75 Å². The Labute approximate surface area is 102 Å². The van der Waals surface area contributed by atoms with E-state index < -0.39 is 6.03 Å². The Morgan fingerprint density at radius 3 is 3.12 bits per heavy atom. The maximum Gasteiger partial charge on any atom is 0.332 e. The average molecular weight is 286 g/mol. The highest BCUT2D eigenvalue weighted by Gasteiger charge is 1.94. The van der Waals surface area contributed by atoms with E-state index >= 15 is 0 Å². The molecule has 16 heavy (non-hydrogen) atoms. The zero-order valence-corrected chi connectivity index (χ0v) is 10.1. The number of ether oxygens (including phenoxy) is 1. The van der Waals surface area contributed by atoms with Crippen LogP contribution in [0.1, 0.15) is 5.56 Å². The van der Waals surface area contributed by atoms with Crippen molar-refractivity contribution in [3.63, 3.8) is 0 Å². The zero-order chi connectivity index (χ0) is 11.8. The highest BCUT2D eigenvalue weighted by Crippen LogP contribution is 2.11. The topological polar surface area (TPSA) is 76.7 Å². The van der Waals surface area contributed by atoms with Gasteiger partial charge in [-0.25, -0.2) is 10.2 Å². The SMILES string of the molecule is NC(=O)N/N=C/c1cccc(OCCBr)c1. The fourth-order valence-electron chi connectivity index (χ4n) is 1.01. The van der Waals surface area contributed by atoms with Gasteiger partial charge in [-0.1, -0.05) is 28.1 Å². The maximum absolute atomic E-state index is 10.4. The average Bonchev–Trinajstić information content (AvgIpc) is 2.26. The highest BCUT2D eigenvalue weighted by molar-refractivity contribution is 9.09. The Morgan fingerprint density at radius 1 is 1.62 bits per heavy atom. The number of halogens is 1.